The van der Waals surface area contributed by atoms with Crippen LogP contribution in [0, 0.1) is 11.6 Å². The van der Waals surface area contributed by atoms with Gasteiger partial charge in [0.2, 0.25) is 0 Å². The zero-order valence-electron chi connectivity index (χ0n) is 13.6. The van der Waals surface area contributed by atoms with Crippen LogP contribution >= 0.6 is 0 Å². The van der Waals surface area contributed by atoms with Crippen LogP contribution in [0.1, 0.15) is 54.1 Å². The highest BCUT2D eigenvalue weighted by molar-refractivity contribution is 6.17. The van der Waals surface area contributed by atoms with Gasteiger partial charge in [0.1, 0.15) is 11.6 Å². The Bertz CT molecular complexity index is 1060. The van der Waals surface area contributed by atoms with Crippen molar-refractivity contribution >= 4 is 11.6 Å². The van der Waals surface area contributed by atoms with Crippen LogP contribution in [0.15, 0.2) is 48.5 Å². The van der Waals surface area contributed by atoms with E-state index in [1.165, 1.54) is 24.3 Å². The van der Waals surface area contributed by atoms with E-state index in [-0.39, 0.29) is 11.6 Å². The van der Waals surface area contributed by atoms with Crippen LogP contribution in [-0.4, -0.2) is 11.6 Å². The van der Waals surface area contributed by atoms with Crippen LogP contribution in [0.2, 0.25) is 0 Å². The molecule has 0 saturated carbocycles. The van der Waals surface area contributed by atoms with Crippen LogP contribution in [0.3, 0.4) is 0 Å². The van der Waals surface area contributed by atoms with Gasteiger partial charge in [-0.15, -0.1) is 0 Å². The quantitative estimate of drug-likeness (QED) is 0.420. The van der Waals surface area contributed by atoms with Gasteiger partial charge in [-0.05, 0) is 65.4 Å². The highest BCUT2D eigenvalue weighted by Crippen LogP contribution is 2.34. The van der Waals surface area contributed by atoms with Crippen molar-refractivity contribution in [3.63, 3.8) is 0 Å². The van der Waals surface area contributed by atoms with Crippen LogP contribution in [0.25, 0.3) is 0 Å². The molecule has 26 heavy (non-hydrogen) atoms. The van der Waals surface area contributed by atoms with E-state index >= 15 is 0 Å². The van der Waals surface area contributed by atoms with E-state index in [1.54, 1.807) is 18.2 Å². The molecular formula is C22H12F2O2. The van der Waals surface area contributed by atoms with Gasteiger partial charge in [-0.2, -0.15) is 0 Å². The summed E-state index contributed by atoms with van der Waals surface area (Å²) in [5.41, 5.74) is 4.78. The lowest BCUT2D eigenvalue weighted by Gasteiger charge is -2.24. The molecule has 4 heteroatoms. The standard InChI is InChI=1S/C22H12F2O2/c23-15-3-1-11-5-13-7-14-6-12-2-4-16(24)9-18(12)22(26)20(14)10-19(13)21(25)17(11)8-15/h1-4,7-10H,5-6H2. The number of hydrogen-bond donors (Lipinski definition) is 0. The molecule has 2 aliphatic rings. The number of fused-ring (bicyclic) bond motifs is 4. The predicted molar refractivity (Wildman–Crippen MR) is 91.7 cm³/mol. The number of carbonyl (C=O) groups excluding carboxylic acids is 2. The average molecular weight is 346 g/mol. The normalized spacial score (nSPS) is 14.4. The Kier molecular flexibility index (Phi) is 3.02. The Morgan fingerprint density at radius 1 is 0.538 bits per heavy atom. The van der Waals surface area contributed by atoms with Crippen molar-refractivity contribution in [3.05, 3.63) is 105 Å². The molecule has 0 aliphatic heterocycles. The van der Waals surface area contributed by atoms with Crippen molar-refractivity contribution in [2.75, 3.05) is 0 Å². The molecule has 5 rings (SSSR count). The fraction of sp³-hybridized carbons (Fsp3) is 0.0909. The average Bonchev–Trinajstić information content (AvgIpc) is 2.62. The van der Waals surface area contributed by atoms with Crippen LogP contribution in [-0.2, 0) is 12.8 Å². The Morgan fingerprint density at radius 2 is 0.962 bits per heavy atom. The third-order valence-electron chi connectivity index (χ3n) is 5.21. The van der Waals surface area contributed by atoms with Crippen molar-refractivity contribution in [1.82, 2.24) is 0 Å². The van der Waals surface area contributed by atoms with Crippen molar-refractivity contribution in [2.24, 2.45) is 0 Å². The maximum absolute atomic E-state index is 13.5. The minimum Gasteiger partial charge on any atom is -0.289 e. The minimum atomic E-state index is -0.459. The van der Waals surface area contributed by atoms with Gasteiger partial charge < -0.3 is 0 Å². The van der Waals surface area contributed by atoms with Gasteiger partial charge in [-0.25, -0.2) is 8.78 Å². The van der Waals surface area contributed by atoms with Crippen molar-refractivity contribution in [1.29, 1.82) is 0 Å². The molecule has 0 amide bonds. The van der Waals surface area contributed by atoms with Crippen molar-refractivity contribution in [3.8, 4) is 0 Å². The molecule has 0 unspecified atom stereocenters. The summed E-state index contributed by atoms with van der Waals surface area (Å²) < 4.78 is 27.1. The molecule has 0 saturated heterocycles. The molecule has 2 aliphatic carbocycles. The summed E-state index contributed by atoms with van der Waals surface area (Å²) in [6, 6.07) is 11.9. The predicted octanol–water partition coefficient (Wildman–Crippen LogP) is 4.24. The molecule has 0 atom stereocenters. The SMILES string of the molecule is O=C1c2cc(F)ccc2Cc2cc3c(cc21)C(=O)c1cc(F)ccc1C3. The lowest BCUT2D eigenvalue weighted by atomic mass is 9.78. The number of rotatable bonds is 0. The number of hydrogen-bond acceptors (Lipinski definition) is 2. The molecule has 0 aromatic heterocycles. The van der Waals surface area contributed by atoms with Crippen molar-refractivity contribution in [2.45, 2.75) is 12.8 Å². The van der Waals surface area contributed by atoms with Crippen LogP contribution in [0.4, 0.5) is 8.78 Å². The maximum Gasteiger partial charge on any atom is 0.193 e. The Labute approximate surface area is 148 Å². The smallest absolute Gasteiger partial charge is 0.193 e. The molecule has 126 valence electrons. The molecule has 3 aromatic carbocycles. The third-order valence-corrected chi connectivity index (χ3v) is 5.21. The van der Waals surface area contributed by atoms with Gasteiger partial charge in [0.15, 0.2) is 11.6 Å². The summed E-state index contributed by atoms with van der Waals surface area (Å²) in [7, 11) is 0. The summed E-state index contributed by atoms with van der Waals surface area (Å²) >= 11 is 0. The van der Waals surface area contributed by atoms with E-state index in [9.17, 15) is 18.4 Å². The number of benzene rings is 3. The summed E-state index contributed by atoms with van der Waals surface area (Å²) in [5.74, 6) is -1.47. The molecule has 2 nitrogen and oxygen atoms in total. The summed E-state index contributed by atoms with van der Waals surface area (Å²) in [5, 5.41) is 0. The lowest BCUT2D eigenvalue weighted by molar-refractivity contribution is 0.103. The maximum atomic E-state index is 13.5. The zero-order chi connectivity index (χ0) is 18.0. The summed E-state index contributed by atoms with van der Waals surface area (Å²) in [4.78, 5) is 25.6. The third kappa shape index (κ3) is 2.08. The molecule has 0 spiro atoms. The Balaban J connectivity index is 1.67. The Morgan fingerprint density at radius 3 is 1.42 bits per heavy atom. The van der Waals surface area contributed by atoms with Crippen LogP contribution in [0.5, 0.6) is 0 Å². The van der Waals surface area contributed by atoms with Gasteiger partial charge in [-0.3, -0.25) is 9.59 Å². The highest BCUT2D eigenvalue weighted by atomic mass is 19.1. The topological polar surface area (TPSA) is 34.1 Å². The van der Waals surface area contributed by atoms with E-state index in [0.29, 0.717) is 35.1 Å². The summed E-state index contributed by atoms with van der Waals surface area (Å²) in [6.45, 7) is 0. The van der Waals surface area contributed by atoms with Gasteiger partial charge >= 0.3 is 0 Å². The number of halogens is 2. The largest absolute Gasteiger partial charge is 0.289 e. The second kappa shape index (κ2) is 5.18. The first-order chi connectivity index (χ1) is 12.5. The first-order valence-corrected chi connectivity index (χ1v) is 8.33. The molecule has 0 bridgehead atoms. The number of carbonyl (C=O) groups is 2. The first kappa shape index (κ1) is 15.1. The molecule has 0 N–H and O–H groups in total. The van der Waals surface area contributed by atoms with Crippen LogP contribution < -0.4 is 0 Å². The summed E-state index contributed by atoms with van der Waals surface area (Å²) in [6.07, 6.45) is 1.04. The lowest BCUT2D eigenvalue weighted by Crippen LogP contribution is -2.21. The monoisotopic (exact) mass is 346 g/mol. The minimum absolute atomic E-state index is 0.276. The van der Waals surface area contributed by atoms with Gasteiger partial charge in [0.05, 0.1) is 0 Å². The zero-order valence-corrected chi connectivity index (χ0v) is 13.6. The van der Waals surface area contributed by atoms with E-state index in [4.69, 9.17) is 0 Å². The Hall–Kier alpha value is -3.14. The number of ketones is 2. The molecular weight excluding hydrogens is 334 g/mol. The molecule has 0 fully saturated rings. The van der Waals surface area contributed by atoms with Crippen molar-refractivity contribution < 1.29 is 18.4 Å². The molecule has 0 heterocycles. The van der Waals surface area contributed by atoms with E-state index < -0.39 is 11.6 Å². The fourth-order valence-corrected chi connectivity index (χ4v) is 3.94. The molecule has 0 radical (unpaired) electrons. The van der Waals surface area contributed by atoms with E-state index in [1.807, 2.05) is 6.07 Å². The fourth-order valence-electron chi connectivity index (χ4n) is 3.94. The van der Waals surface area contributed by atoms with E-state index in [0.717, 1.165) is 22.3 Å². The molecule has 3 aromatic rings. The highest BCUT2D eigenvalue weighted by Gasteiger charge is 2.30. The van der Waals surface area contributed by atoms with Gasteiger partial charge in [0, 0.05) is 22.3 Å². The van der Waals surface area contributed by atoms with Gasteiger partial charge in [-0.1, -0.05) is 18.2 Å². The first-order valence-electron chi connectivity index (χ1n) is 8.33. The second-order valence-corrected chi connectivity index (χ2v) is 6.78. The van der Waals surface area contributed by atoms with Gasteiger partial charge in [0.25, 0.3) is 0 Å². The van der Waals surface area contributed by atoms with E-state index in [2.05, 4.69) is 0 Å². The second-order valence-electron chi connectivity index (χ2n) is 6.78.